The zero-order valence-electron chi connectivity index (χ0n) is 15.0. The molecule has 4 aromatic rings. The zero-order valence-corrected chi connectivity index (χ0v) is 17.1. The van der Waals surface area contributed by atoms with Crippen molar-refractivity contribution in [2.75, 3.05) is 5.32 Å². The molecule has 0 saturated heterocycles. The number of carbonyl (C=O) groups is 1. The molecule has 1 amide bonds. The Kier molecular flexibility index (Phi) is 4.47. The van der Waals surface area contributed by atoms with Crippen LogP contribution in [0, 0.1) is 24.3 Å². The van der Waals surface area contributed by atoms with Gasteiger partial charge in [0, 0.05) is 9.13 Å². The average Bonchev–Trinajstić information content (AvgIpc) is 3.18. The maximum Gasteiger partial charge on any atom is 0.259 e. The summed E-state index contributed by atoms with van der Waals surface area (Å²) in [4.78, 5) is 17.6. The van der Waals surface area contributed by atoms with Crippen LogP contribution in [0.3, 0.4) is 0 Å². The lowest BCUT2D eigenvalue weighted by atomic mass is 10.1. The zero-order chi connectivity index (χ0) is 19.1. The number of benzene rings is 1. The molecule has 3 heterocycles. The summed E-state index contributed by atoms with van der Waals surface area (Å²) in [7, 11) is 0. The highest BCUT2D eigenvalue weighted by atomic mass is 127. The lowest BCUT2D eigenvalue weighted by Gasteiger charge is -2.09. The first-order valence-electron chi connectivity index (χ1n) is 8.34. The van der Waals surface area contributed by atoms with Crippen molar-refractivity contribution in [1.82, 2.24) is 10.1 Å². The van der Waals surface area contributed by atoms with Gasteiger partial charge in [-0.3, -0.25) is 4.79 Å². The van der Waals surface area contributed by atoms with E-state index in [-0.39, 0.29) is 5.91 Å². The molecule has 0 saturated carbocycles. The Labute approximate surface area is 169 Å². The summed E-state index contributed by atoms with van der Waals surface area (Å²) in [6, 6.07) is 11.3. The molecule has 0 aliphatic heterocycles. The molecule has 0 spiro atoms. The highest BCUT2D eigenvalue weighted by molar-refractivity contribution is 14.1. The van der Waals surface area contributed by atoms with Gasteiger partial charge in [0.15, 0.2) is 0 Å². The smallest absolute Gasteiger partial charge is 0.259 e. The molecule has 0 bridgehead atoms. The van der Waals surface area contributed by atoms with Gasteiger partial charge in [0.25, 0.3) is 11.6 Å². The SMILES string of the molecule is Cc1cc(-c2cc(C(=O)Nc3ccccc3I)c3c(C)noc3n2)c(C)o1. The summed E-state index contributed by atoms with van der Waals surface area (Å²) in [6.07, 6.45) is 0. The Morgan fingerprint density at radius 3 is 2.63 bits per heavy atom. The minimum Gasteiger partial charge on any atom is -0.466 e. The summed E-state index contributed by atoms with van der Waals surface area (Å²) >= 11 is 2.19. The number of carbonyl (C=O) groups excluding carboxylic acids is 1. The molecule has 27 heavy (non-hydrogen) atoms. The number of rotatable bonds is 3. The molecule has 0 atom stereocenters. The number of fused-ring (bicyclic) bond motifs is 1. The molecule has 0 unspecified atom stereocenters. The highest BCUT2D eigenvalue weighted by Gasteiger charge is 2.21. The van der Waals surface area contributed by atoms with Gasteiger partial charge in [-0.05, 0) is 67.6 Å². The topological polar surface area (TPSA) is 81.2 Å². The van der Waals surface area contributed by atoms with Crippen molar-refractivity contribution >= 4 is 45.3 Å². The molecular formula is C20H16IN3O3. The molecular weight excluding hydrogens is 457 g/mol. The van der Waals surface area contributed by atoms with Crippen molar-refractivity contribution in [3.05, 3.63) is 62.7 Å². The second-order valence-corrected chi connectivity index (χ2v) is 7.43. The van der Waals surface area contributed by atoms with Gasteiger partial charge >= 0.3 is 0 Å². The van der Waals surface area contributed by atoms with E-state index in [1.54, 1.807) is 13.0 Å². The van der Waals surface area contributed by atoms with E-state index in [4.69, 9.17) is 8.94 Å². The molecule has 3 aromatic heterocycles. The van der Waals surface area contributed by atoms with E-state index in [0.29, 0.717) is 28.1 Å². The summed E-state index contributed by atoms with van der Waals surface area (Å²) in [5.74, 6) is 1.28. The fourth-order valence-corrected chi connectivity index (χ4v) is 3.57. The van der Waals surface area contributed by atoms with Crippen LogP contribution in [-0.4, -0.2) is 16.0 Å². The second-order valence-electron chi connectivity index (χ2n) is 6.26. The van der Waals surface area contributed by atoms with E-state index in [0.717, 1.165) is 26.3 Å². The summed E-state index contributed by atoms with van der Waals surface area (Å²) < 4.78 is 11.9. The predicted molar refractivity (Wildman–Crippen MR) is 111 cm³/mol. The number of amides is 1. The number of hydrogen-bond acceptors (Lipinski definition) is 5. The Balaban J connectivity index is 1.85. The van der Waals surface area contributed by atoms with Gasteiger partial charge in [-0.2, -0.15) is 0 Å². The Morgan fingerprint density at radius 1 is 1.15 bits per heavy atom. The molecule has 7 heteroatoms. The lowest BCUT2D eigenvalue weighted by molar-refractivity contribution is 0.102. The van der Waals surface area contributed by atoms with Gasteiger partial charge in [0.05, 0.1) is 28.0 Å². The van der Waals surface area contributed by atoms with Crippen LogP contribution in [0.1, 0.15) is 27.6 Å². The maximum absolute atomic E-state index is 13.1. The molecule has 1 aromatic carbocycles. The third kappa shape index (κ3) is 3.23. The van der Waals surface area contributed by atoms with Crippen LogP contribution in [0.25, 0.3) is 22.4 Å². The number of aryl methyl sites for hydroxylation is 3. The van der Waals surface area contributed by atoms with Crippen molar-refractivity contribution in [3.63, 3.8) is 0 Å². The van der Waals surface area contributed by atoms with Crippen LogP contribution in [0.2, 0.25) is 0 Å². The minimum atomic E-state index is -0.239. The number of pyridine rings is 1. The molecule has 0 radical (unpaired) electrons. The van der Waals surface area contributed by atoms with E-state index in [1.807, 2.05) is 44.2 Å². The largest absolute Gasteiger partial charge is 0.466 e. The first kappa shape index (κ1) is 17.7. The summed E-state index contributed by atoms with van der Waals surface area (Å²) in [6.45, 7) is 5.54. The molecule has 0 fully saturated rings. The molecule has 1 N–H and O–H groups in total. The van der Waals surface area contributed by atoms with E-state index in [2.05, 4.69) is 38.0 Å². The van der Waals surface area contributed by atoms with Crippen molar-refractivity contribution in [3.8, 4) is 11.3 Å². The van der Waals surface area contributed by atoms with Crippen LogP contribution in [0.5, 0.6) is 0 Å². The van der Waals surface area contributed by atoms with E-state index >= 15 is 0 Å². The lowest BCUT2D eigenvalue weighted by Crippen LogP contribution is -2.14. The molecule has 0 aliphatic rings. The third-order valence-corrected chi connectivity index (χ3v) is 5.24. The number of furan rings is 1. The van der Waals surface area contributed by atoms with E-state index in [9.17, 15) is 4.79 Å². The molecule has 6 nitrogen and oxygen atoms in total. The van der Waals surface area contributed by atoms with E-state index < -0.39 is 0 Å². The minimum absolute atomic E-state index is 0.239. The maximum atomic E-state index is 13.1. The molecule has 4 rings (SSSR count). The van der Waals surface area contributed by atoms with Crippen LogP contribution < -0.4 is 5.32 Å². The number of anilines is 1. The van der Waals surface area contributed by atoms with Crippen LogP contribution in [0.4, 0.5) is 5.69 Å². The van der Waals surface area contributed by atoms with Gasteiger partial charge in [-0.25, -0.2) is 4.98 Å². The molecule has 0 aliphatic carbocycles. The number of para-hydroxylation sites is 1. The molecule has 136 valence electrons. The van der Waals surface area contributed by atoms with E-state index in [1.165, 1.54) is 0 Å². The Morgan fingerprint density at radius 2 is 1.93 bits per heavy atom. The van der Waals surface area contributed by atoms with Crippen molar-refractivity contribution < 1.29 is 13.7 Å². The Bertz CT molecular complexity index is 1180. The number of halogens is 1. The van der Waals surface area contributed by atoms with Crippen molar-refractivity contribution in [1.29, 1.82) is 0 Å². The number of hydrogen-bond donors (Lipinski definition) is 1. The summed E-state index contributed by atoms with van der Waals surface area (Å²) in [5, 5.41) is 7.56. The Hall–Kier alpha value is -2.68. The normalized spacial score (nSPS) is 11.1. The number of aromatic nitrogens is 2. The summed E-state index contributed by atoms with van der Waals surface area (Å²) in [5.41, 5.74) is 3.60. The first-order chi connectivity index (χ1) is 12.9. The van der Waals surface area contributed by atoms with Crippen molar-refractivity contribution in [2.45, 2.75) is 20.8 Å². The van der Waals surface area contributed by atoms with Gasteiger partial charge < -0.3 is 14.3 Å². The third-order valence-electron chi connectivity index (χ3n) is 4.30. The number of nitrogens with one attached hydrogen (secondary N) is 1. The van der Waals surface area contributed by atoms with Crippen LogP contribution in [0.15, 0.2) is 45.3 Å². The van der Waals surface area contributed by atoms with Crippen LogP contribution in [-0.2, 0) is 0 Å². The highest BCUT2D eigenvalue weighted by Crippen LogP contribution is 2.31. The quantitative estimate of drug-likeness (QED) is 0.411. The van der Waals surface area contributed by atoms with Crippen LogP contribution >= 0.6 is 22.6 Å². The monoisotopic (exact) mass is 473 g/mol. The average molecular weight is 473 g/mol. The number of nitrogens with zero attached hydrogens (tertiary/aromatic N) is 2. The second kappa shape index (κ2) is 6.80. The van der Waals surface area contributed by atoms with Crippen molar-refractivity contribution in [2.24, 2.45) is 0 Å². The van der Waals surface area contributed by atoms with Gasteiger partial charge in [0.2, 0.25) is 0 Å². The standard InChI is InChI=1S/C20H16IN3O3/c1-10-8-13(12(3)26-10)17-9-14(18-11(2)24-27-20(18)23-17)19(25)22-16-7-5-4-6-15(16)21/h4-9H,1-3H3,(H,22,25). The van der Waals surface area contributed by atoms with Gasteiger partial charge in [-0.15, -0.1) is 0 Å². The van der Waals surface area contributed by atoms with Gasteiger partial charge in [0.1, 0.15) is 11.5 Å². The fraction of sp³-hybridized carbons (Fsp3) is 0.150. The predicted octanol–water partition coefficient (Wildman–Crippen LogP) is 5.26. The first-order valence-corrected chi connectivity index (χ1v) is 9.42. The fourth-order valence-electron chi connectivity index (χ4n) is 3.05. The van der Waals surface area contributed by atoms with Gasteiger partial charge in [-0.1, -0.05) is 17.3 Å².